The highest BCUT2D eigenvalue weighted by Crippen LogP contribution is 2.34. The first-order chi connectivity index (χ1) is 8.11. The molecule has 1 aromatic carbocycles. The van der Waals surface area contributed by atoms with Crippen molar-refractivity contribution in [3.8, 4) is 10.4 Å². The Bertz CT molecular complexity index is 506. The Labute approximate surface area is 107 Å². The second-order valence-electron chi connectivity index (χ2n) is 4.33. The molecule has 0 amide bonds. The van der Waals surface area contributed by atoms with Gasteiger partial charge in [0.25, 0.3) is 0 Å². The molecule has 90 valence electrons. The lowest BCUT2D eigenvalue weighted by atomic mass is 9.99. The summed E-state index contributed by atoms with van der Waals surface area (Å²) < 4.78 is 0. The molecule has 0 saturated heterocycles. The van der Waals surface area contributed by atoms with Crippen molar-refractivity contribution in [1.82, 2.24) is 4.98 Å². The van der Waals surface area contributed by atoms with Gasteiger partial charge in [-0.05, 0) is 44.4 Å². The highest BCUT2D eigenvalue weighted by Gasteiger charge is 2.10. The van der Waals surface area contributed by atoms with Crippen molar-refractivity contribution in [3.63, 3.8) is 0 Å². The predicted molar refractivity (Wildman–Crippen MR) is 75.9 cm³/mol. The zero-order valence-electron chi connectivity index (χ0n) is 10.8. The summed E-state index contributed by atoms with van der Waals surface area (Å²) in [5.74, 6) is 0. The van der Waals surface area contributed by atoms with Crippen LogP contribution in [-0.2, 0) is 0 Å². The summed E-state index contributed by atoms with van der Waals surface area (Å²) >= 11 is 1.72. The first-order valence-electron chi connectivity index (χ1n) is 5.89. The van der Waals surface area contributed by atoms with E-state index in [0.29, 0.717) is 0 Å². The minimum absolute atomic E-state index is 0.915. The number of nitrogens with one attached hydrogen (secondary N) is 1. The van der Waals surface area contributed by atoms with Gasteiger partial charge in [-0.2, -0.15) is 0 Å². The van der Waals surface area contributed by atoms with Crippen molar-refractivity contribution in [3.05, 3.63) is 35.0 Å². The zero-order chi connectivity index (χ0) is 12.4. The summed E-state index contributed by atoms with van der Waals surface area (Å²) in [6, 6.07) is 4.46. The van der Waals surface area contributed by atoms with Gasteiger partial charge in [0.2, 0.25) is 0 Å². The molecule has 0 unspecified atom stereocenters. The van der Waals surface area contributed by atoms with Crippen LogP contribution in [0.2, 0.25) is 0 Å². The number of rotatable bonds is 3. The SMILES string of the molecule is CCNc1ncc(-c2c(C)cc(C)cc2C)s1. The van der Waals surface area contributed by atoms with Crippen molar-refractivity contribution in [1.29, 1.82) is 0 Å². The maximum absolute atomic E-state index is 4.39. The molecular weight excluding hydrogens is 228 g/mol. The second kappa shape index (κ2) is 4.88. The van der Waals surface area contributed by atoms with Gasteiger partial charge in [-0.15, -0.1) is 0 Å². The maximum atomic E-state index is 4.39. The fraction of sp³-hybridized carbons (Fsp3) is 0.357. The Morgan fingerprint density at radius 1 is 1.18 bits per heavy atom. The van der Waals surface area contributed by atoms with Crippen molar-refractivity contribution in [2.75, 3.05) is 11.9 Å². The monoisotopic (exact) mass is 246 g/mol. The minimum atomic E-state index is 0.915. The summed E-state index contributed by atoms with van der Waals surface area (Å²) in [5, 5.41) is 4.26. The van der Waals surface area contributed by atoms with E-state index >= 15 is 0 Å². The van der Waals surface area contributed by atoms with Gasteiger partial charge < -0.3 is 5.32 Å². The van der Waals surface area contributed by atoms with Gasteiger partial charge in [0.1, 0.15) is 0 Å². The van der Waals surface area contributed by atoms with Crippen LogP contribution < -0.4 is 5.32 Å². The maximum Gasteiger partial charge on any atom is 0.183 e. The molecule has 0 radical (unpaired) electrons. The molecule has 2 rings (SSSR count). The van der Waals surface area contributed by atoms with Gasteiger partial charge in [-0.25, -0.2) is 4.98 Å². The summed E-state index contributed by atoms with van der Waals surface area (Å²) in [6.45, 7) is 9.48. The van der Waals surface area contributed by atoms with Gasteiger partial charge in [-0.1, -0.05) is 29.0 Å². The lowest BCUT2D eigenvalue weighted by Gasteiger charge is -2.08. The topological polar surface area (TPSA) is 24.9 Å². The average molecular weight is 246 g/mol. The molecule has 17 heavy (non-hydrogen) atoms. The van der Waals surface area contributed by atoms with E-state index in [1.54, 1.807) is 11.3 Å². The molecule has 0 fully saturated rings. The van der Waals surface area contributed by atoms with E-state index in [1.807, 2.05) is 6.20 Å². The fourth-order valence-electron chi connectivity index (χ4n) is 2.19. The predicted octanol–water partition coefficient (Wildman–Crippen LogP) is 4.17. The summed E-state index contributed by atoms with van der Waals surface area (Å²) in [7, 11) is 0. The number of hydrogen-bond donors (Lipinski definition) is 1. The van der Waals surface area contributed by atoms with Crippen LogP contribution in [0.4, 0.5) is 5.13 Å². The van der Waals surface area contributed by atoms with Gasteiger partial charge in [-0.3, -0.25) is 0 Å². The number of anilines is 1. The summed E-state index contributed by atoms with van der Waals surface area (Å²) in [6.07, 6.45) is 1.97. The highest BCUT2D eigenvalue weighted by molar-refractivity contribution is 7.18. The van der Waals surface area contributed by atoms with E-state index < -0.39 is 0 Å². The van der Waals surface area contributed by atoms with E-state index in [-0.39, 0.29) is 0 Å². The number of hydrogen-bond acceptors (Lipinski definition) is 3. The fourth-order valence-corrected chi connectivity index (χ4v) is 3.25. The van der Waals surface area contributed by atoms with Crippen LogP contribution in [0.15, 0.2) is 18.3 Å². The molecule has 1 heterocycles. The van der Waals surface area contributed by atoms with Crippen LogP contribution in [0, 0.1) is 20.8 Å². The van der Waals surface area contributed by atoms with Crippen LogP contribution in [0.3, 0.4) is 0 Å². The van der Waals surface area contributed by atoms with Crippen molar-refractivity contribution in [2.45, 2.75) is 27.7 Å². The molecule has 0 aliphatic carbocycles. The number of aromatic nitrogens is 1. The third-order valence-electron chi connectivity index (χ3n) is 2.76. The van der Waals surface area contributed by atoms with Crippen LogP contribution in [-0.4, -0.2) is 11.5 Å². The molecule has 0 spiro atoms. The normalized spacial score (nSPS) is 10.6. The molecule has 0 aliphatic rings. The molecule has 1 N–H and O–H groups in total. The Balaban J connectivity index is 2.45. The number of benzene rings is 1. The van der Waals surface area contributed by atoms with Crippen LogP contribution in [0.5, 0.6) is 0 Å². The van der Waals surface area contributed by atoms with Gasteiger partial charge in [0.15, 0.2) is 5.13 Å². The third kappa shape index (κ3) is 2.50. The Kier molecular flexibility index (Phi) is 3.48. The molecule has 2 aromatic rings. The average Bonchev–Trinajstić information content (AvgIpc) is 2.65. The Morgan fingerprint density at radius 3 is 2.41 bits per heavy atom. The van der Waals surface area contributed by atoms with Crippen LogP contribution in [0.1, 0.15) is 23.6 Å². The van der Waals surface area contributed by atoms with Gasteiger partial charge in [0.05, 0.1) is 4.88 Å². The van der Waals surface area contributed by atoms with E-state index in [1.165, 1.54) is 27.1 Å². The molecule has 3 heteroatoms. The smallest absolute Gasteiger partial charge is 0.183 e. The molecule has 0 saturated carbocycles. The molecule has 0 bridgehead atoms. The van der Waals surface area contributed by atoms with E-state index in [2.05, 4.69) is 50.1 Å². The molecule has 2 nitrogen and oxygen atoms in total. The number of aryl methyl sites for hydroxylation is 3. The van der Waals surface area contributed by atoms with Crippen molar-refractivity contribution >= 4 is 16.5 Å². The van der Waals surface area contributed by atoms with Crippen LogP contribution in [0.25, 0.3) is 10.4 Å². The highest BCUT2D eigenvalue weighted by atomic mass is 32.1. The van der Waals surface area contributed by atoms with Gasteiger partial charge >= 0.3 is 0 Å². The number of thiazole rings is 1. The quantitative estimate of drug-likeness (QED) is 0.879. The van der Waals surface area contributed by atoms with Gasteiger partial charge in [0, 0.05) is 12.7 Å². The van der Waals surface area contributed by atoms with E-state index in [9.17, 15) is 0 Å². The molecule has 0 aliphatic heterocycles. The first kappa shape index (κ1) is 12.1. The lowest BCUT2D eigenvalue weighted by Crippen LogP contribution is -1.94. The minimum Gasteiger partial charge on any atom is -0.362 e. The summed E-state index contributed by atoms with van der Waals surface area (Å²) in [5.41, 5.74) is 5.31. The van der Waals surface area contributed by atoms with Crippen molar-refractivity contribution in [2.24, 2.45) is 0 Å². The second-order valence-corrected chi connectivity index (χ2v) is 5.36. The van der Waals surface area contributed by atoms with Crippen molar-refractivity contribution < 1.29 is 0 Å². The first-order valence-corrected chi connectivity index (χ1v) is 6.71. The Morgan fingerprint density at radius 2 is 1.82 bits per heavy atom. The van der Waals surface area contributed by atoms with Crippen LogP contribution >= 0.6 is 11.3 Å². The standard InChI is InChI=1S/C14H18N2S/c1-5-15-14-16-8-12(17-14)13-10(3)6-9(2)7-11(13)4/h6-8H,5H2,1-4H3,(H,15,16). The van der Waals surface area contributed by atoms with E-state index in [0.717, 1.165) is 11.7 Å². The largest absolute Gasteiger partial charge is 0.362 e. The molecule has 0 atom stereocenters. The zero-order valence-corrected chi connectivity index (χ0v) is 11.6. The number of nitrogens with zero attached hydrogens (tertiary/aromatic N) is 1. The summed E-state index contributed by atoms with van der Waals surface area (Å²) in [4.78, 5) is 5.64. The molecular formula is C14H18N2S. The Hall–Kier alpha value is -1.35. The lowest BCUT2D eigenvalue weighted by molar-refractivity contribution is 1.19. The third-order valence-corrected chi connectivity index (χ3v) is 3.73. The van der Waals surface area contributed by atoms with E-state index in [4.69, 9.17) is 0 Å². The molecule has 1 aromatic heterocycles.